The highest BCUT2D eigenvalue weighted by atomic mass is 31.2. The van der Waals surface area contributed by atoms with Gasteiger partial charge in [-0.15, -0.1) is 5.30 Å². The zero-order valence-corrected chi connectivity index (χ0v) is 11.3. The molecule has 0 aliphatic heterocycles. The molecule has 19 heavy (non-hydrogen) atoms. The van der Waals surface area contributed by atoms with Gasteiger partial charge in [-0.2, -0.15) is 18.2 Å². The van der Waals surface area contributed by atoms with Crippen LogP contribution in [0.1, 0.15) is 0 Å². The van der Waals surface area contributed by atoms with Crippen LogP contribution >= 0.6 is 7.14 Å². The lowest BCUT2D eigenvalue weighted by atomic mass is 10.4. The van der Waals surface area contributed by atoms with Gasteiger partial charge >= 0.3 is 0 Å². The van der Waals surface area contributed by atoms with Gasteiger partial charge in [0.2, 0.25) is 0 Å². The van der Waals surface area contributed by atoms with Crippen molar-refractivity contribution < 1.29 is 4.57 Å². The molecule has 0 atom stereocenters. The molecule has 3 aromatic rings. The second kappa shape index (κ2) is 4.95. The van der Waals surface area contributed by atoms with Crippen molar-refractivity contribution in [2.45, 2.75) is 0 Å². The number of hydrogen-bond acceptors (Lipinski definition) is 1. The maximum absolute atomic E-state index is 13.7. The molecule has 0 saturated heterocycles. The lowest BCUT2D eigenvalue weighted by Crippen LogP contribution is -2.23. The van der Waals surface area contributed by atoms with Gasteiger partial charge in [0, 0.05) is 10.6 Å². The topological polar surface area (TPSA) is 17.1 Å². The standard InChI is InChI=1S/C17H14OP/c18-19(17-13-7-8-14-17,15-9-3-1-4-10-15)16-11-5-2-6-12-16/h1-14H/q-1. The molecule has 0 heterocycles. The Kier molecular flexibility index (Phi) is 3.15. The second-order valence-corrected chi connectivity index (χ2v) is 7.19. The van der Waals surface area contributed by atoms with Crippen molar-refractivity contribution in [3.05, 3.63) is 84.9 Å². The molecule has 94 valence electrons. The Hall–Kier alpha value is -1.98. The minimum Gasteiger partial charge on any atom is -0.323 e. The van der Waals surface area contributed by atoms with Gasteiger partial charge in [-0.3, -0.25) is 0 Å². The Balaban J connectivity index is 2.26. The number of benzene rings is 2. The third-order valence-electron chi connectivity index (χ3n) is 3.25. The molecule has 0 unspecified atom stereocenters. The van der Waals surface area contributed by atoms with Gasteiger partial charge in [-0.25, -0.2) is 6.07 Å². The lowest BCUT2D eigenvalue weighted by Gasteiger charge is -2.23. The van der Waals surface area contributed by atoms with Gasteiger partial charge in [0.25, 0.3) is 0 Å². The van der Waals surface area contributed by atoms with Crippen molar-refractivity contribution in [2.24, 2.45) is 0 Å². The first-order chi connectivity index (χ1) is 9.32. The van der Waals surface area contributed by atoms with Crippen molar-refractivity contribution in [3.8, 4) is 0 Å². The molecule has 1 nitrogen and oxygen atoms in total. The number of rotatable bonds is 3. The van der Waals surface area contributed by atoms with Crippen LogP contribution in [0.15, 0.2) is 84.9 Å². The summed E-state index contributed by atoms with van der Waals surface area (Å²) in [5.74, 6) is 0. The summed E-state index contributed by atoms with van der Waals surface area (Å²) in [6.45, 7) is 0. The molecule has 0 bridgehead atoms. The number of hydrogen-bond donors (Lipinski definition) is 0. The zero-order valence-electron chi connectivity index (χ0n) is 10.4. The van der Waals surface area contributed by atoms with E-state index < -0.39 is 7.14 Å². The van der Waals surface area contributed by atoms with E-state index in [0.29, 0.717) is 0 Å². The monoisotopic (exact) mass is 265 g/mol. The Morgan fingerprint density at radius 3 is 1.63 bits per heavy atom. The van der Waals surface area contributed by atoms with Gasteiger partial charge in [-0.05, 0) is 0 Å². The van der Waals surface area contributed by atoms with Crippen LogP contribution in [0.2, 0.25) is 0 Å². The minimum atomic E-state index is -2.73. The fourth-order valence-electron chi connectivity index (χ4n) is 2.30. The average molecular weight is 265 g/mol. The third kappa shape index (κ3) is 2.07. The van der Waals surface area contributed by atoms with E-state index in [9.17, 15) is 4.57 Å². The Bertz CT molecular complexity index is 641. The zero-order chi connectivity index (χ0) is 13.1. The van der Waals surface area contributed by atoms with Crippen LogP contribution in [0.4, 0.5) is 0 Å². The van der Waals surface area contributed by atoms with E-state index >= 15 is 0 Å². The van der Waals surface area contributed by atoms with E-state index in [1.807, 2.05) is 84.9 Å². The summed E-state index contributed by atoms with van der Waals surface area (Å²) >= 11 is 0. The molecule has 0 N–H and O–H groups in total. The molecule has 0 spiro atoms. The normalized spacial score (nSPS) is 11.4. The summed E-state index contributed by atoms with van der Waals surface area (Å²) < 4.78 is 13.7. The van der Waals surface area contributed by atoms with Crippen LogP contribution in [0, 0.1) is 0 Å². The SMILES string of the molecule is O=P(c1ccccc1)(c1ccccc1)c1cc[cH-]c1. The second-order valence-electron chi connectivity index (χ2n) is 4.42. The summed E-state index contributed by atoms with van der Waals surface area (Å²) in [6.07, 6.45) is 0. The summed E-state index contributed by atoms with van der Waals surface area (Å²) in [6, 6.07) is 27.2. The first kappa shape index (κ1) is 12.1. The van der Waals surface area contributed by atoms with Gasteiger partial charge in [-0.1, -0.05) is 60.7 Å². The quantitative estimate of drug-likeness (QED) is 0.525. The third-order valence-corrected chi connectivity index (χ3v) is 6.32. The van der Waals surface area contributed by atoms with Crippen molar-refractivity contribution in [1.82, 2.24) is 0 Å². The van der Waals surface area contributed by atoms with Crippen LogP contribution in [-0.4, -0.2) is 0 Å². The van der Waals surface area contributed by atoms with E-state index in [0.717, 1.165) is 15.9 Å². The molecule has 0 saturated carbocycles. The molecule has 2 heteroatoms. The lowest BCUT2D eigenvalue weighted by molar-refractivity contribution is 0.592. The Morgan fingerprint density at radius 2 is 1.21 bits per heavy atom. The van der Waals surface area contributed by atoms with Crippen LogP contribution in [0.3, 0.4) is 0 Å². The Morgan fingerprint density at radius 1 is 0.684 bits per heavy atom. The molecular weight excluding hydrogens is 251 g/mol. The summed E-state index contributed by atoms with van der Waals surface area (Å²) in [5.41, 5.74) is 0. The van der Waals surface area contributed by atoms with Crippen LogP contribution in [-0.2, 0) is 4.57 Å². The van der Waals surface area contributed by atoms with Crippen LogP contribution in [0.25, 0.3) is 0 Å². The molecule has 3 rings (SSSR count). The predicted octanol–water partition coefficient (Wildman–Crippen LogP) is 3.04. The van der Waals surface area contributed by atoms with Crippen molar-refractivity contribution in [2.75, 3.05) is 0 Å². The molecule has 0 fully saturated rings. The first-order valence-corrected chi connectivity index (χ1v) is 7.96. The first-order valence-electron chi connectivity index (χ1n) is 6.25. The van der Waals surface area contributed by atoms with Gasteiger partial charge in [0.15, 0.2) is 0 Å². The van der Waals surface area contributed by atoms with Gasteiger partial charge in [0.1, 0.15) is 7.14 Å². The average Bonchev–Trinajstić information content (AvgIpc) is 3.03. The molecule has 3 aromatic carbocycles. The van der Waals surface area contributed by atoms with E-state index in [-0.39, 0.29) is 0 Å². The fraction of sp³-hybridized carbons (Fsp3) is 0. The highest BCUT2D eigenvalue weighted by Gasteiger charge is 2.23. The molecule has 0 aromatic heterocycles. The molecule has 0 amide bonds. The van der Waals surface area contributed by atoms with E-state index in [1.54, 1.807) is 0 Å². The Labute approximate surface area is 113 Å². The summed E-state index contributed by atoms with van der Waals surface area (Å²) in [5, 5.41) is 2.66. The van der Waals surface area contributed by atoms with Gasteiger partial charge < -0.3 is 4.57 Å². The molecule has 0 radical (unpaired) electrons. The maximum Gasteiger partial charge on any atom is 0.112 e. The highest BCUT2D eigenvalue weighted by molar-refractivity contribution is 7.85. The predicted molar refractivity (Wildman–Crippen MR) is 81.4 cm³/mol. The largest absolute Gasteiger partial charge is 0.323 e. The maximum atomic E-state index is 13.7. The fourth-order valence-corrected chi connectivity index (χ4v) is 4.97. The summed E-state index contributed by atoms with van der Waals surface area (Å²) in [7, 11) is -2.73. The molecule has 0 aliphatic carbocycles. The van der Waals surface area contributed by atoms with Crippen LogP contribution < -0.4 is 15.9 Å². The highest BCUT2D eigenvalue weighted by Crippen LogP contribution is 2.42. The summed E-state index contributed by atoms with van der Waals surface area (Å²) in [4.78, 5) is 0. The van der Waals surface area contributed by atoms with Crippen molar-refractivity contribution in [1.29, 1.82) is 0 Å². The van der Waals surface area contributed by atoms with Crippen molar-refractivity contribution >= 4 is 23.1 Å². The van der Waals surface area contributed by atoms with E-state index in [2.05, 4.69) is 0 Å². The smallest absolute Gasteiger partial charge is 0.112 e. The van der Waals surface area contributed by atoms with Crippen LogP contribution in [0.5, 0.6) is 0 Å². The minimum absolute atomic E-state index is 0.882. The van der Waals surface area contributed by atoms with E-state index in [4.69, 9.17) is 0 Å². The van der Waals surface area contributed by atoms with E-state index in [1.165, 1.54) is 0 Å². The molecule has 0 aliphatic rings. The van der Waals surface area contributed by atoms with Crippen molar-refractivity contribution in [3.63, 3.8) is 0 Å². The molecular formula is C17H14OP-. The van der Waals surface area contributed by atoms with Gasteiger partial charge in [0.05, 0.1) is 0 Å².